The summed E-state index contributed by atoms with van der Waals surface area (Å²) in [6.45, 7) is 4.22. The zero-order valence-corrected chi connectivity index (χ0v) is 13.4. The number of aryl methyl sites for hydroxylation is 1. The molecule has 0 fully saturated rings. The molecule has 0 aromatic heterocycles. The maximum atomic E-state index is 11.3. The van der Waals surface area contributed by atoms with Crippen LogP contribution in [-0.4, -0.2) is 27.9 Å². The molecular formula is C17H26O5. The second-order valence-electron chi connectivity index (χ2n) is 5.36. The molecule has 0 radical (unpaired) electrons. The van der Waals surface area contributed by atoms with Crippen LogP contribution in [0.2, 0.25) is 0 Å². The van der Waals surface area contributed by atoms with Crippen LogP contribution in [-0.2, 0) is 6.42 Å². The van der Waals surface area contributed by atoms with E-state index in [4.69, 9.17) is 4.74 Å². The van der Waals surface area contributed by atoms with Crippen molar-refractivity contribution in [1.82, 2.24) is 0 Å². The molecule has 124 valence electrons. The number of phenolic OH excluding ortho intramolecular Hbond substituents is 1. The quantitative estimate of drug-likeness (QED) is 0.447. The molecule has 5 heteroatoms. The van der Waals surface area contributed by atoms with Gasteiger partial charge in [0.1, 0.15) is 11.3 Å². The fourth-order valence-corrected chi connectivity index (χ4v) is 2.48. The van der Waals surface area contributed by atoms with Crippen LogP contribution in [0.3, 0.4) is 0 Å². The van der Waals surface area contributed by atoms with Crippen LogP contribution in [0.15, 0.2) is 6.07 Å². The van der Waals surface area contributed by atoms with Crippen molar-refractivity contribution in [3.63, 3.8) is 0 Å². The highest BCUT2D eigenvalue weighted by molar-refractivity contribution is 5.95. The predicted molar refractivity (Wildman–Crippen MR) is 85.0 cm³/mol. The lowest BCUT2D eigenvalue weighted by Gasteiger charge is -2.15. The van der Waals surface area contributed by atoms with Crippen molar-refractivity contribution in [3.8, 4) is 17.2 Å². The van der Waals surface area contributed by atoms with Gasteiger partial charge in [-0.3, -0.25) is 0 Å². The Kier molecular flexibility index (Phi) is 7.57. The molecule has 0 atom stereocenters. The number of carbonyl (C=O) groups is 1. The lowest BCUT2D eigenvalue weighted by molar-refractivity contribution is 0.0688. The molecule has 0 bridgehead atoms. The van der Waals surface area contributed by atoms with Crippen LogP contribution >= 0.6 is 0 Å². The molecule has 1 aromatic carbocycles. The third kappa shape index (κ3) is 4.83. The molecule has 0 saturated carbocycles. The molecule has 0 aliphatic carbocycles. The lowest BCUT2D eigenvalue weighted by Crippen LogP contribution is -2.07. The van der Waals surface area contributed by atoms with E-state index in [2.05, 4.69) is 6.92 Å². The molecule has 0 aliphatic heterocycles. The second-order valence-corrected chi connectivity index (χ2v) is 5.36. The largest absolute Gasteiger partial charge is 0.504 e. The van der Waals surface area contributed by atoms with Crippen molar-refractivity contribution in [1.29, 1.82) is 0 Å². The van der Waals surface area contributed by atoms with Crippen LogP contribution < -0.4 is 4.74 Å². The summed E-state index contributed by atoms with van der Waals surface area (Å²) in [6.07, 6.45) is 7.34. The predicted octanol–water partition coefficient (Wildman–Crippen LogP) is 4.10. The van der Waals surface area contributed by atoms with Gasteiger partial charge in [0.2, 0.25) is 0 Å². The molecule has 0 saturated heterocycles. The Morgan fingerprint density at radius 3 is 2.32 bits per heavy atom. The fourth-order valence-electron chi connectivity index (χ4n) is 2.48. The van der Waals surface area contributed by atoms with E-state index in [1.165, 1.54) is 25.3 Å². The molecule has 0 heterocycles. The van der Waals surface area contributed by atoms with Crippen LogP contribution in [0.1, 0.15) is 68.3 Å². The molecule has 5 nitrogen and oxygen atoms in total. The number of aromatic carboxylic acids is 1. The highest BCUT2D eigenvalue weighted by atomic mass is 16.5. The van der Waals surface area contributed by atoms with Gasteiger partial charge in [-0.2, -0.15) is 0 Å². The standard InChI is InChI=1S/C17H26O5/c1-3-5-6-7-8-9-10-12-11-13(18)15(19)14(17(20)21)16(12)22-4-2/h11,18-19H,3-10H2,1-2H3,(H,20,21). The zero-order valence-electron chi connectivity index (χ0n) is 13.4. The van der Waals surface area contributed by atoms with E-state index in [1.807, 2.05) is 0 Å². The van der Waals surface area contributed by atoms with Crippen LogP contribution in [0, 0.1) is 0 Å². The Morgan fingerprint density at radius 1 is 1.09 bits per heavy atom. The summed E-state index contributed by atoms with van der Waals surface area (Å²) in [5.74, 6) is -2.19. The number of ether oxygens (including phenoxy) is 1. The first-order valence-electron chi connectivity index (χ1n) is 7.96. The van der Waals surface area contributed by atoms with Crippen molar-refractivity contribution in [3.05, 3.63) is 17.2 Å². The van der Waals surface area contributed by atoms with E-state index >= 15 is 0 Å². The van der Waals surface area contributed by atoms with Crippen molar-refractivity contribution >= 4 is 5.97 Å². The third-order valence-corrected chi connectivity index (χ3v) is 3.61. The summed E-state index contributed by atoms with van der Waals surface area (Å²) in [5, 5.41) is 28.7. The number of rotatable bonds is 10. The topological polar surface area (TPSA) is 87.0 Å². The summed E-state index contributed by atoms with van der Waals surface area (Å²) in [7, 11) is 0. The second kappa shape index (κ2) is 9.18. The number of carboxylic acids is 1. The molecule has 0 amide bonds. The molecule has 3 N–H and O–H groups in total. The van der Waals surface area contributed by atoms with Gasteiger partial charge in [-0.25, -0.2) is 4.79 Å². The number of phenols is 2. The van der Waals surface area contributed by atoms with Crippen LogP contribution in [0.4, 0.5) is 0 Å². The smallest absolute Gasteiger partial charge is 0.343 e. The number of unbranched alkanes of at least 4 members (excludes halogenated alkanes) is 5. The van der Waals surface area contributed by atoms with Crippen LogP contribution in [0.5, 0.6) is 17.2 Å². The number of hydrogen-bond donors (Lipinski definition) is 3. The first kappa shape index (κ1) is 18.1. The number of benzene rings is 1. The maximum Gasteiger partial charge on any atom is 0.343 e. The van der Waals surface area contributed by atoms with E-state index in [9.17, 15) is 20.1 Å². The molecule has 0 spiro atoms. The summed E-state index contributed by atoms with van der Waals surface area (Å²) >= 11 is 0. The Balaban J connectivity index is 2.86. The molecule has 1 aromatic rings. The van der Waals surface area contributed by atoms with Gasteiger partial charge in [0.15, 0.2) is 11.5 Å². The minimum Gasteiger partial charge on any atom is -0.504 e. The number of hydrogen-bond acceptors (Lipinski definition) is 4. The molecule has 22 heavy (non-hydrogen) atoms. The molecular weight excluding hydrogens is 284 g/mol. The number of aromatic hydroxyl groups is 2. The normalized spacial score (nSPS) is 10.6. The van der Waals surface area contributed by atoms with Crippen molar-refractivity contribution in [2.45, 2.75) is 58.8 Å². The average molecular weight is 310 g/mol. The number of carboxylic acid groups (broad SMARTS) is 1. The van der Waals surface area contributed by atoms with Crippen molar-refractivity contribution in [2.24, 2.45) is 0 Å². The molecule has 1 rings (SSSR count). The third-order valence-electron chi connectivity index (χ3n) is 3.61. The highest BCUT2D eigenvalue weighted by Gasteiger charge is 2.23. The summed E-state index contributed by atoms with van der Waals surface area (Å²) in [5.41, 5.74) is 0.271. The first-order chi connectivity index (χ1) is 10.5. The van der Waals surface area contributed by atoms with Gasteiger partial charge < -0.3 is 20.1 Å². The lowest BCUT2D eigenvalue weighted by atomic mass is 10.00. The van der Waals surface area contributed by atoms with E-state index in [1.54, 1.807) is 6.92 Å². The van der Waals surface area contributed by atoms with Gasteiger partial charge in [0.25, 0.3) is 0 Å². The van der Waals surface area contributed by atoms with Gasteiger partial charge in [-0.1, -0.05) is 39.0 Å². The molecule has 0 aliphatic rings. The Hall–Kier alpha value is -1.91. The summed E-state index contributed by atoms with van der Waals surface area (Å²) < 4.78 is 5.41. The van der Waals surface area contributed by atoms with Gasteiger partial charge in [-0.15, -0.1) is 0 Å². The van der Waals surface area contributed by atoms with Gasteiger partial charge in [0, 0.05) is 0 Å². The SMILES string of the molecule is CCCCCCCCc1cc(O)c(O)c(C(=O)O)c1OCC. The average Bonchev–Trinajstić information content (AvgIpc) is 2.47. The van der Waals surface area contributed by atoms with E-state index < -0.39 is 17.5 Å². The Labute approximate surface area is 131 Å². The van der Waals surface area contributed by atoms with E-state index in [0.29, 0.717) is 18.6 Å². The van der Waals surface area contributed by atoms with E-state index in [-0.39, 0.29) is 11.3 Å². The van der Waals surface area contributed by atoms with Gasteiger partial charge >= 0.3 is 5.97 Å². The Bertz CT molecular complexity index is 496. The monoisotopic (exact) mass is 310 g/mol. The van der Waals surface area contributed by atoms with Crippen molar-refractivity contribution in [2.75, 3.05) is 6.61 Å². The maximum absolute atomic E-state index is 11.3. The van der Waals surface area contributed by atoms with Gasteiger partial charge in [0.05, 0.1) is 6.61 Å². The minimum atomic E-state index is -1.30. The zero-order chi connectivity index (χ0) is 16.5. The Morgan fingerprint density at radius 2 is 1.73 bits per heavy atom. The fraction of sp³-hybridized carbons (Fsp3) is 0.588. The first-order valence-corrected chi connectivity index (χ1v) is 7.96. The van der Waals surface area contributed by atoms with Crippen molar-refractivity contribution < 1.29 is 24.9 Å². The van der Waals surface area contributed by atoms with Gasteiger partial charge in [-0.05, 0) is 31.4 Å². The van der Waals surface area contributed by atoms with Crippen LogP contribution in [0.25, 0.3) is 0 Å². The highest BCUT2D eigenvalue weighted by Crippen LogP contribution is 2.39. The summed E-state index contributed by atoms with van der Waals surface area (Å²) in [4.78, 5) is 11.3. The minimum absolute atomic E-state index is 0.166. The molecule has 0 unspecified atom stereocenters. The summed E-state index contributed by atoms with van der Waals surface area (Å²) in [6, 6.07) is 1.40. The van der Waals surface area contributed by atoms with E-state index in [0.717, 1.165) is 19.3 Å².